The van der Waals surface area contributed by atoms with E-state index in [2.05, 4.69) is 40.2 Å². The maximum absolute atomic E-state index is 13.0. The van der Waals surface area contributed by atoms with E-state index in [1.807, 2.05) is 17.1 Å². The molecule has 1 heterocycles. The summed E-state index contributed by atoms with van der Waals surface area (Å²) in [5.74, 6) is 0.403. The van der Waals surface area contributed by atoms with Gasteiger partial charge in [0.1, 0.15) is 5.82 Å². The van der Waals surface area contributed by atoms with E-state index in [-0.39, 0.29) is 5.82 Å². The summed E-state index contributed by atoms with van der Waals surface area (Å²) in [6.45, 7) is 6.81. The average Bonchev–Trinajstić information content (AvgIpc) is 2.80. The van der Waals surface area contributed by atoms with Crippen molar-refractivity contribution in [2.24, 2.45) is 5.92 Å². The van der Waals surface area contributed by atoms with Gasteiger partial charge in [0.25, 0.3) is 0 Å². The molecule has 0 bridgehead atoms. The van der Waals surface area contributed by atoms with E-state index in [9.17, 15) is 4.39 Å². The minimum Gasteiger partial charge on any atom is -0.312 e. The van der Waals surface area contributed by atoms with Crippen molar-refractivity contribution in [2.45, 2.75) is 26.9 Å². The highest BCUT2D eigenvalue weighted by Crippen LogP contribution is 2.19. The molecule has 1 N–H and O–H groups in total. The minimum atomic E-state index is -0.236. The molecule has 2 aromatic rings. The number of aromatic nitrogens is 2. The molecule has 0 radical (unpaired) electrons. The molecule has 2 rings (SSSR count). The molecule has 3 nitrogen and oxygen atoms in total. The van der Waals surface area contributed by atoms with Crippen LogP contribution in [0.25, 0.3) is 0 Å². The molecular formula is C15H19BrFN3. The van der Waals surface area contributed by atoms with Gasteiger partial charge in [-0.25, -0.2) is 4.39 Å². The predicted octanol–water partition coefficient (Wildman–Crippen LogP) is 3.58. The maximum atomic E-state index is 13.0. The van der Waals surface area contributed by atoms with Crippen molar-refractivity contribution in [3.8, 4) is 0 Å². The summed E-state index contributed by atoms with van der Waals surface area (Å²) in [5, 5.41) is 7.72. The molecule has 1 aromatic heterocycles. The summed E-state index contributed by atoms with van der Waals surface area (Å²) in [7, 11) is 0. The summed E-state index contributed by atoms with van der Waals surface area (Å²) in [6.07, 6.45) is 3.88. The van der Waals surface area contributed by atoms with Crippen LogP contribution in [0.4, 0.5) is 4.39 Å². The van der Waals surface area contributed by atoms with E-state index >= 15 is 0 Å². The second-order valence-corrected chi connectivity index (χ2v) is 6.16. The van der Waals surface area contributed by atoms with E-state index in [0.29, 0.717) is 12.5 Å². The van der Waals surface area contributed by atoms with Crippen LogP contribution in [0.15, 0.2) is 35.1 Å². The summed E-state index contributed by atoms with van der Waals surface area (Å²) >= 11 is 3.38. The van der Waals surface area contributed by atoms with Gasteiger partial charge < -0.3 is 5.32 Å². The molecule has 0 saturated heterocycles. The molecule has 0 fully saturated rings. The molecule has 0 saturated carbocycles. The number of nitrogens with one attached hydrogen (secondary N) is 1. The molecule has 20 heavy (non-hydrogen) atoms. The van der Waals surface area contributed by atoms with Crippen molar-refractivity contribution < 1.29 is 4.39 Å². The van der Waals surface area contributed by atoms with Gasteiger partial charge >= 0.3 is 0 Å². The number of halogens is 2. The molecule has 108 valence electrons. The van der Waals surface area contributed by atoms with E-state index in [0.717, 1.165) is 28.7 Å². The zero-order chi connectivity index (χ0) is 14.5. The quantitative estimate of drug-likeness (QED) is 0.871. The second kappa shape index (κ2) is 6.99. The standard InChI is InChI=1S/C15H19BrFN3/c1-11(2)6-18-7-12-8-19-20(9-12)10-13-3-4-14(17)5-15(13)16/h3-5,8-9,11,18H,6-7,10H2,1-2H3. The van der Waals surface area contributed by atoms with Gasteiger partial charge in [-0.3, -0.25) is 4.68 Å². The first-order valence-corrected chi connectivity index (χ1v) is 7.50. The lowest BCUT2D eigenvalue weighted by Crippen LogP contribution is -2.18. The number of rotatable bonds is 6. The lowest BCUT2D eigenvalue weighted by Gasteiger charge is -2.06. The molecule has 5 heteroatoms. The van der Waals surface area contributed by atoms with E-state index in [1.54, 1.807) is 6.07 Å². The van der Waals surface area contributed by atoms with Gasteiger partial charge in [-0.15, -0.1) is 0 Å². The topological polar surface area (TPSA) is 29.9 Å². The Morgan fingerprint density at radius 3 is 2.90 bits per heavy atom. The van der Waals surface area contributed by atoms with Gasteiger partial charge in [0.05, 0.1) is 12.7 Å². The van der Waals surface area contributed by atoms with E-state index < -0.39 is 0 Å². The first kappa shape index (κ1) is 15.2. The Morgan fingerprint density at radius 2 is 2.20 bits per heavy atom. The summed E-state index contributed by atoms with van der Waals surface area (Å²) < 4.78 is 15.7. The van der Waals surface area contributed by atoms with Gasteiger partial charge in [0.2, 0.25) is 0 Å². The van der Waals surface area contributed by atoms with Crippen molar-refractivity contribution in [3.63, 3.8) is 0 Å². The molecule has 0 aliphatic heterocycles. The van der Waals surface area contributed by atoms with Crippen LogP contribution < -0.4 is 5.32 Å². The third-order valence-corrected chi connectivity index (χ3v) is 3.65. The van der Waals surface area contributed by atoms with Crippen LogP contribution in [0.1, 0.15) is 25.0 Å². The zero-order valence-electron chi connectivity index (χ0n) is 11.7. The van der Waals surface area contributed by atoms with Crippen molar-refractivity contribution in [1.29, 1.82) is 0 Å². The molecule has 0 aliphatic rings. The molecule has 0 aliphatic carbocycles. The van der Waals surface area contributed by atoms with Crippen molar-refractivity contribution in [1.82, 2.24) is 15.1 Å². The lowest BCUT2D eigenvalue weighted by molar-refractivity contribution is 0.552. The maximum Gasteiger partial charge on any atom is 0.124 e. The first-order valence-electron chi connectivity index (χ1n) is 6.70. The summed E-state index contributed by atoms with van der Waals surface area (Å²) in [4.78, 5) is 0. The van der Waals surface area contributed by atoms with Gasteiger partial charge in [-0.1, -0.05) is 35.8 Å². The third kappa shape index (κ3) is 4.42. The summed E-state index contributed by atoms with van der Waals surface area (Å²) in [5.41, 5.74) is 2.17. The highest BCUT2D eigenvalue weighted by molar-refractivity contribution is 9.10. The van der Waals surface area contributed by atoms with Crippen LogP contribution >= 0.6 is 15.9 Å². The first-order chi connectivity index (χ1) is 9.54. The highest BCUT2D eigenvalue weighted by Gasteiger charge is 2.04. The van der Waals surface area contributed by atoms with Crippen LogP contribution in [-0.2, 0) is 13.1 Å². The van der Waals surface area contributed by atoms with Crippen molar-refractivity contribution >= 4 is 15.9 Å². The van der Waals surface area contributed by atoms with Gasteiger partial charge in [-0.05, 0) is 30.2 Å². The predicted molar refractivity (Wildman–Crippen MR) is 82.0 cm³/mol. The number of hydrogen-bond donors (Lipinski definition) is 1. The van der Waals surface area contributed by atoms with Crippen LogP contribution in [0.3, 0.4) is 0 Å². The molecular weight excluding hydrogens is 321 g/mol. The SMILES string of the molecule is CC(C)CNCc1cnn(Cc2ccc(F)cc2Br)c1. The lowest BCUT2D eigenvalue weighted by atomic mass is 10.2. The molecule has 0 atom stereocenters. The Bertz CT molecular complexity index is 566. The van der Waals surface area contributed by atoms with Gasteiger partial charge in [-0.2, -0.15) is 5.10 Å². The van der Waals surface area contributed by atoms with Crippen LogP contribution in [0.2, 0.25) is 0 Å². The van der Waals surface area contributed by atoms with Crippen LogP contribution in [-0.4, -0.2) is 16.3 Å². The Hall–Kier alpha value is -1.20. The number of benzene rings is 1. The summed E-state index contributed by atoms with van der Waals surface area (Å²) in [6, 6.07) is 4.72. The fraction of sp³-hybridized carbons (Fsp3) is 0.400. The Morgan fingerprint density at radius 1 is 1.40 bits per heavy atom. The van der Waals surface area contributed by atoms with Crippen LogP contribution in [0.5, 0.6) is 0 Å². The van der Waals surface area contributed by atoms with E-state index in [1.165, 1.54) is 12.1 Å². The highest BCUT2D eigenvalue weighted by atomic mass is 79.9. The second-order valence-electron chi connectivity index (χ2n) is 5.31. The zero-order valence-corrected chi connectivity index (χ0v) is 13.3. The third-order valence-electron chi connectivity index (χ3n) is 2.92. The molecule has 1 aromatic carbocycles. The molecule has 0 unspecified atom stereocenters. The Labute approximate surface area is 127 Å². The molecule has 0 amide bonds. The Balaban J connectivity index is 1.95. The van der Waals surface area contributed by atoms with Gasteiger partial charge in [0.15, 0.2) is 0 Å². The Kier molecular flexibility index (Phi) is 5.31. The minimum absolute atomic E-state index is 0.236. The smallest absolute Gasteiger partial charge is 0.124 e. The van der Waals surface area contributed by atoms with E-state index in [4.69, 9.17) is 0 Å². The molecule has 0 spiro atoms. The van der Waals surface area contributed by atoms with Gasteiger partial charge in [0, 0.05) is 22.8 Å². The van der Waals surface area contributed by atoms with Crippen molar-refractivity contribution in [3.05, 3.63) is 52.0 Å². The monoisotopic (exact) mass is 339 g/mol. The number of nitrogens with zero attached hydrogens (tertiary/aromatic N) is 2. The van der Waals surface area contributed by atoms with Crippen LogP contribution in [0, 0.1) is 11.7 Å². The fourth-order valence-corrected chi connectivity index (χ4v) is 2.39. The largest absolute Gasteiger partial charge is 0.312 e. The average molecular weight is 340 g/mol. The fourth-order valence-electron chi connectivity index (χ4n) is 1.91. The van der Waals surface area contributed by atoms with Crippen molar-refractivity contribution in [2.75, 3.05) is 6.54 Å². The number of hydrogen-bond acceptors (Lipinski definition) is 2. The normalized spacial score (nSPS) is 11.2.